The maximum absolute atomic E-state index is 5.49. The van der Waals surface area contributed by atoms with Crippen LogP contribution in [-0.2, 0) is 0 Å². The van der Waals surface area contributed by atoms with Gasteiger partial charge in [0.2, 0.25) is 5.82 Å². The van der Waals surface area contributed by atoms with Crippen molar-refractivity contribution < 1.29 is 4.52 Å². The molecule has 0 saturated carbocycles. The van der Waals surface area contributed by atoms with Crippen LogP contribution in [0.4, 0.5) is 0 Å². The van der Waals surface area contributed by atoms with E-state index in [1.165, 1.54) is 0 Å². The standard InChI is InChI=1S/C18H12IN3O/c1-11-10-14(12-6-3-5-9-16(12)20-11)17-21-18(23-22-17)13-7-2-4-8-15(13)19/h2-10H,1H3. The zero-order valence-corrected chi connectivity index (χ0v) is 14.5. The number of para-hydroxylation sites is 1. The predicted molar refractivity (Wildman–Crippen MR) is 97.9 cm³/mol. The van der Waals surface area contributed by atoms with E-state index < -0.39 is 0 Å². The second-order valence-electron chi connectivity index (χ2n) is 5.23. The van der Waals surface area contributed by atoms with Crippen LogP contribution >= 0.6 is 22.6 Å². The van der Waals surface area contributed by atoms with Crippen molar-refractivity contribution in [3.05, 3.63) is 63.9 Å². The van der Waals surface area contributed by atoms with E-state index in [-0.39, 0.29) is 0 Å². The highest BCUT2D eigenvalue weighted by Gasteiger charge is 2.15. The lowest BCUT2D eigenvalue weighted by molar-refractivity contribution is 0.432. The maximum atomic E-state index is 5.49. The van der Waals surface area contributed by atoms with Crippen LogP contribution in [-0.4, -0.2) is 15.1 Å². The molecule has 0 bridgehead atoms. The molecule has 0 aliphatic heterocycles. The molecule has 4 nitrogen and oxygen atoms in total. The number of benzene rings is 2. The van der Waals surface area contributed by atoms with Crippen molar-refractivity contribution in [1.29, 1.82) is 0 Å². The second kappa shape index (κ2) is 5.73. The first-order chi connectivity index (χ1) is 11.2. The Kier molecular flexibility index (Phi) is 3.57. The van der Waals surface area contributed by atoms with Crippen molar-refractivity contribution in [3.8, 4) is 22.8 Å². The monoisotopic (exact) mass is 413 g/mol. The Balaban J connectivity index is 1.89. The van der Waals surface area contributed by atoms with Crippen LogP contribution in [0, 0.1) is 10.5 Å². The maximum Gasteiger partial charge on any atom is 0.259 e. The minimum absolute atomic E-state index is 0.531. The SMILES string of the molecule is Cc1cc(-c2noc(-c3ccccc3I)n2)c2ccccc2n1. The first-order valence-electron chi connectivity index (χ1n) is 7.18. The summed E-state index contributed by atoms with van der Waals surface area (Å²) in [6.07, 6.45) is 0. The number of aromatic nitrogens is 3. The first kappa shape index (κ1) is 14.3. The highest BCUT2D eigenvalue weighted by molar-refractivity contribution is 14.1. The van der Waals surface area contributed by atoms with Gasteiger partial charge in [0.05, 0.1) is 11.1 Å². The number of fused-ring (bicyclic) bond motifs is 1. The Morgan fingerprint density at radius 3 is 2.57 bits per heavy atom. The highest BCUT2D eigenvalue weighted by Crippen LogP contribution is 2.29. The molecule has 0 saturated heterocycles. The molecule has 0 aliphatic carbocycles. The van der Waals surface area contributed by atoms with E-state index >= 15 is 0 Å². The average Bonchev–Trinajstić information content (AvgIpc) is 3.04. The third kappa shape index (κ3) is 2.61. The fourth-order valence-electron chi connectivity index (χ4n) is 2.57. The van der Waals surface area contributed by atoms with E-state index in [4.69, 9.17) is 4.52 Å². The van der Waals surface area contributed by atoms with Gasteiger partial charge < -0.3 is 4.52 Å². The number of aryl methyl sites for hydroxylation is 1. The van der Waals surface area contributed by atoms with E-state index in [0.29, 0.717) is 11.7 Å². The molecule has 0 fully saturated rings. The Labute approximate surface area is 146 Å². The number of rotatable bonds is 2. The molecule has 5 heteroatoms. The zero-order chi connectivity index (χ0) is 15.8. The third-order valence-corrected chi connectivity index (χ3v) is 4.56. The lowest BCUT2D eigenvalue weighted by atomic mass is 10.1. The quantitative estimate of drug-likeness (QED) is 0.441. The molecule has 0 aliphatic rings. The third-order valence-electron chi connectivity index (χ3n) is 3.62. The molecule has 23 heavy (non-hydrogen) atoms. The number of hydrogen-bond donors (Lipinski definition) is 0. The lowest BCUT2D eigenvalue weighted by Crippen LogP contribution is -1.90. The molecule has 0 unspecified atom stereocenters. The van der Waals surface area contributed by atoms with E-state index in [1.807, 2.05) is 61.5 Å². The fraction of sp³-hybridized carbons (Fsp3) is 0.0556. The van der Waals surface area contributed by atoms with Gasteiger partial charge in [-0.3, -0.25) is 4.98 Å². The van der Waals surface area contributed by atoms with Crippen molar-refractivity contribution in [1.82, 2.24) is 15.1 Å². The molecule has 0 N–H and O–H groups in total. The van der Waals surface area contributed by atoms with Gasteiger partial charge in [-0.25, -0.2) is 0 Å². The summed E-state index contributed by atoms with van der Waals surface area (Å²) in [5.41, 5.74) is 3.75. The van der Waals surface area contributed by atoms with Gasteiger partial charge in [0.15, 0.2) is 0 Å². The molecular weight excluding hydrogens is 401 g/mol. The minimum Gasteiger partial charge on any atom is -0.334 e. The van der Waals surface area contributed by atoms with Crippen LogP contribution < -0.4 is 0 Å². The molecule has 2 heterocycles. The molecule has 0 spiro atoms. The molecule has 4 aromatic rings. The second-order valence-corrected chi connectivity index (χ2v) is 6.39. The Morgan fingerprint density at radius 2 is 1.70 bits per heavy atom. The summed E-state index contributed by atoms with van der Waals surface area (Å²) in [6, 6.07) is 17.9. The minimum atomic E-state index is 0.531. The Bertz CT molecular complexity index is 1010. The highest BCUT2D eigenvalue weighted by atomic mass is 127. The van der Waals surface area contributed by atoms with Crippen LogP contribution in [0.1, 0.15) is 5.69 Å². The molecule has 4 rings (SSSR count). The van der Waals surface area contributed by atoms with Crippen molar-refractivity contribution in [2.75, 3.05) is 0 Å². The Hall–Kier alpha value is -2.28. The Morgan fingerprint density at radius 1 is 0.913 bits per heavy atom. The van der Waals surface area contributed by atoms with Crippen molar-refractivity contribution in [2.45, 2.75) is 6.92 Å². The number of pyridine rings is 1. The molecule has 112 valence electrons. The van der Waals surface area contributed by atoms with Crippen LogP contribution in [0.25, 0.3) is 33.7 Å². The summed E-state index contributed by atoms with van der Waals surface area (Å²) in [4.78, 5) is 9.15. The summed E-state index contributed by atoms with van der Waals surface area (Å²) in [5.74, 6) is 1.12. The smallest absolute Gasteiger partial charge is 0.259 e. The van der Waals surface area contributed by atoms with Gasteiger partial charge in [-0.1, -0.05) is 35.5 Å². The van der Waals surface area contributed by atoms with Crippen molar-refractivity contribution in [2.24, 2.45) is 0 Å². The average molecular weight is 413 g/mol. The molecule has 2 aromatic carbocycles. The molecule has 0 atom stereocenters. The van der Waals surface area contributed by atoms with Gasteiger partial charge in [-0.2, -0.15) is 4.98 Å². The van der Waals surface area contributed by atoms with E-state index in [0.717, 1.165) is 31.3 Å². The number of halogens is 1. The molecular formula is C18H12IN3O. The van der Waals surface area contributed by atoms with Crippen LogP contribution in [0.5, 0.6) is 0 Å². The molecule has 2 aromatic heterocycles. The predicted octanol–water partition coefficient (Wildman–Crippen LogP) is 4.86. The van der Waals surface area contributed by atoms with Gasteiger partial charge >= 0.3 is 0 Å². The van der Waals surface area contributed by atoms with E-state index in [2.05, 4.69) is 37.7 Å². The number of nitrogens with zero attached hydrogens (tertiary/aromatic N) is 3. The topological polar surface area (TPSA) is 51.8 Å². The van der Waals surface area contributed by atoms with Crippen molar-refractivity contribution in [3.63, 3.8) is 0 Å². The molecule has 0 amide bonds. The normalized spacial score (nSPS) is 11.0. The van der Waals surface area contributed by atoms with E-state index in [9.17, 15) is 0 Å². The van der Waals surface area contributed by atoms with Gasteiger partial charge in [-0.05, 0) is 53.8 Å². The lowest BCUT2D eigenvalue weighted by Gasteiger charge is -2.03. The zero-order valence-electron chi connectivity index (χ0n) is 12.3. The fourth-order valence-corrected chi connectivity index (χ4v) is 3.19. The summed E-state index contributed by atoms with van der Waals surface area (Å²) >= 11 is 2.27. The van der Waals surface area contributed by atoms with Crippen LogP contribution in [0.2, 0.25) is 0 Å². The van der Waals surface area contributed by atoms with Gasteiger partial charge in [0.25, 0.3) is 5.89 Å². The summed E-state index contributed by atoms with van der Waals surface area (Å²) < 4.78 is 6.57. The number of hydrogen-bond acceptors (Lipinski definition) is 4. The molecule has 0 radical (unpaired) electrons. The summed E-state index contributed by atoms with van der Waals surface area (Å²) in [7, 11) is 0. The van der Waals surface area contributed by atoms with Crippen LogP contribution in [0.15, 0.2) is 59.1 Å². The largest absolute Gasteiger partial charge is 0.334 e. The van der Waals surface area contributed by atoms with E-state index in [1.54, 1.807) is 0 Å². The first-order valence-corrected chi connectivity index (χ1v) is 8.25. The van der Waals surface area contributed by atoms with Crippen molar-refractivity contribution >= 4 is 33.5 Å². The van der Waals surface area contributed by atoms with Gasteiger partial charge in [0.1, 0.15) is 0 Å². The summed E-state index contributed by atoms with van der Waals surface area (Å²) in [5, 5.41) is 5.20. The van der Waals surface area contributed by atoms with Gasteiger partial charge in [0, 0.05) is 20.2 Å². The van der Waals surface area contributed by atoms with Gasteiger partial charge in [-0.15, -0.1) is 0 Å². The summed E-state index contributed by atoms with van der Waals surface area (Å²) in [6.45, 7) is 1.97. The van der Waals surface area contributed by atoms with Crippen LogP contribution in [0.3, 0.4) is 0 Å².